The molecule has 1 aromatic heterocycles. The van der Waals surface area contributed by atoms with Crippen LogP contribution in [0.3, 0.4) is 0 Å². The molecule has 1 heterocycles. The average molecular weight is 273 g/mol. The van der Waals surface area contributed by atoms with E-state index in [1.165, 1.54) is 6.07 Å². The second kappa shape index (κ2) is 6.25. The Morgan fingerprint density at radius 3 is 2.65 bits per heavy atom. The molecule has 0 unspecified atom stereocenters. The second-order valence-electron chi connectivity index (χ2n) is 4.55. The van der Waals surface area contributed by atoms with Crippen LogP contribution < -0.4 is 11.1 Å². The first kappa shape index (κ1) is 14.1. The van der Waals surface area contributed by atoms with Gasteiger partial charge in [0.1, 0.15) is 5.82 Å². The molecular formula is C15H16FN3O. The standard InChI is InChI=1S/C15H16FN3O/c1-10(11-4-6-18-7-5-11)19-9-13-3-2-12(15(17)20)8-14(13)16/h2-8,10,19H,9H2,1H3,(H2,17,20)/t10-/m0/s1. The Bertz CT molecular complexity index is 601. The van der Waals surface area contributed by atoms with E-state index < -0.39 is 11.7 Å². The smallest absolute Gasteiger partial charge is 0.248 e. The minimum Gasteiger partial charge on any atom is -0.366 e. The largest absolute Gasteiger partial charge is 0.366 e. The van der Waals surface area contributed by atoms with Gasteiger partial charge in [-0.3, -0.25) is 9.78 Å². The van der Waals surface area contributed by atoms with E-state index in [1.807, 2.05) is 19.1 Å². The molecule has 104 valence electrons. The van der Waals surface area contributed by atoms with Crippen molar-refractivity contribution >= 4 is 5.91 Å². The van der Waals surface area contributed by atoms with Crippen LogP contribution in [0.4, 0.5) is 4.39 Å². The lowest BCUT2D eigenvalue weighted by Crippen LogP contribution is -2.19. The van der Waals surface area contributed by atoms with Gasteiger partial charge in [0.15, 0.2) is 0 Å². The topological polar surface area (TPSA) is 68.0 Å². The Balaban J connectivity index is 2.02. The lowest BCUT2D eigenvalue weighted by Gasteiger charge is -2.14. The van der Waals surface area contributed by atoms with E-state index in [0.717, 1.165) is 11.6 Å². The van der Waals surface area contributed by atoms with Gasteiger partial charge in [0.05, 0.1) is 0 Å². The molecule has 1 atom stereocenters. The van der Waals surface area contributed by atoms with Crippen LogP contribution in [-0.2, 0) is 6.54 Å². The predicted octanol–water partition coefficient (Wildman–Crippen LogP) is 2.17. The van der Waals surface area contributed by atoms with Crippen LogP contribution in [0.25, 0.3) is 0 Å². The van der Waals surface area contributed by atoms with Crippen molar-refractivity contribution in [2.45, 2.75) is 19.5 Å². The molecule has 0 aliphatic heterocycles. The summed E-state index contributed by atoms with van der Waals surface area (Å²) < 4.78 is 13.8. The molecule has 0 aliphatic carbocycles. The highest BCUT2D eigenvalue weighted by atomic mass is 19.1. The lowest BCUT2D eigenvalue weighted by molar-refractivity contribution is 0.1000. The molecule has 0 saturated carbocycles. The molecule has 20 heavy (non-hydrogen) atoms. The van der Waals surface area contributed by atoms with Crippen molar-refractivity contribution in [3.8, 4) is 0 Å². The van der Waals surface area contributed by atoms with Gasteiger partial charge < -0.3 is 11.1 Å². The minimum atomic E-state index is -0.631. The predicted molar refractivity (Wildman–Crippen MR) is 74.4 cm³/mol. The number of benzene rings is 1. The van der Waals surface area contributed by atoms with E-state index in [9.17, 15) is 9.18 Å². The molecule has 1 aromatic carbocycles. The number of nitrogens with two attached hydrogens (primary N) is 1. The summed E-state index contributed by atoms with van der Waals surface area (Å²) >= 11 is 0. The summed E-state index contributed by atoms with van der Waals surface area (Å²) in [6.45, 7) is 2.36. The van der Waals surface area contributed by atoms with Crippen molar-refractivity contribution in [2.24, 2.45) is 5.73 Å². The van der Waals surface area contributed by atoms with Crippen molar-refractivity contribution in [2.75, 3.05) is 0 Å². The highest BCUT2D eigenvalue weighted by Gasteiger charge is 2.09. The Morgan fingerprint density at radius 1 is 1.35 bits per heavy atom. The highest BCUT2D eigenvalue weighted by molar-refractivity contribution is 5.92. The Morgan fingerprint density at radius 2 is 2.05 bits per heavy atom. The fourth-order valence-corrected chi connectivity index (χ4v) is 1.88. The SMILES string of the molecule is C[C@H](NCc1ccc(C(N)=O)cc1F)c1ccncc1. The number of nitrogens with one attached hydrogen (secondary N) is 1. The second-order valence-corrected chi connectivity index (χ2v) is 4.55. The van der Waals surface area contributed by atoms with Crippen LogP contribution in [-0.4, -0.2) is 10.9 Å². The number of carbonyl (C=O) groups is 1. The maximum atomic E-state index is 13.8. The number of rotatable bonds is 5. The fourth-order valence-electron chi connectivity index (χ4n) is 1.88. The molecule has 3 N–H and O–H groups in total. The van der Waals surface area contributed by atoms with Crippen LogP contribution in [0.1, 0.15) is 34.5 Å². The molecule has 0 bridgehead atoms. The Kier molecular flexibility index (Phi) is 4.42. The number of hydrogen-bond acceptors (Lipinski definition) is 3. The summed E-state index contributed by atoms with van der Waals surface area (Å²) in [5.41, 5.74) is 6.85. The van der Waals surface area contributed by atoms with Crippen LogP contribution in [0, 0.1) is 5.82 Å². The first-order valence-corrected chi connectivity index (χ1v) is 6.29. The summed E-state index contributed by atoms with van der Waals surface area (Å²) in [4.78, 5) is 14.9. The molecule has 0 saturated heterocycles. The van der Waals surface area contributed by atoms with Crippen LogP contribution in [0.2, 0.25) is 0 Å². The molecule has 2 rings (SSSR count). The summed E-state index contributed by atoms with van der Waals surface area (Å²) in [6.07, 6.45) is 3.44. The number of halogens is 1. The van der Waals surface area contributed by atoms with Gasteiger partial charge in [0.25, 0.3) is 0 Å². The van der Waals surface area contributed by atoms with Gasteiger partial charge >= 0.3 is 0 Å². The summed E-state index contributed by atoms with van der Waals surface area (Å²) in [5.74, 6) is -1.07. The van der Waals surface area contributed by atoms with Gasteiger partial charge in [0.2, 0.25) is 5.91 Å². The third kappa shape index (κ3) is 3.39. The van der Waals surface area contributed by atoms with Gasteiger partial charge in [0, 0.05) is 36.1 Å². The monoisotopic (exact) mass is 273 g/mol. The summed E-state index contributed by atoms with van der Waals surface area (Å²) in [5, 5.41) is 3.22. The average Bonchev–Trinajstić information content (AvgIpc) is 2.46. The molecule has 4 nitrogen and oxygen atoms in total. The van der Waals surface area contributed by atoms with Gasteiger partial charge in [-0.1, -0.05) is 6.07 Å². The van der Waals surface area contributed by atoms with Crippen LogP contribution in [0.15, 0.2) is 42.7 Å². The number of carbonyl (C=O) groups excluding carboxylic acids is 1. The van der Waals surface area contributed by atoms with Gasteiger partial charge in [-0.15, -0.1) is 0 Å². The maximum Gasteiger partial charge on any atom is 0.248 e. The number of nitrogens with zero attached hydrogens (tertiary/aromatic N) is 1. The third-order valence-electron chi connectivity index (χ3n) is 3.14. The van der Waals surface area contributed by atoms with Crippen molar-refractivity contribution in [3.63, 3.8) is 0 Å². The van der Waals surface area contributed by atoms with Gasteiger partial charge in [-0.25, -0.2) is 4.39 Å². The fraction of sp³-hybridized carbons (Fsp3) is 0.200. The van der Waals surface area contributed by atoms with Gasteiger partial charge in [-0.05, 0) is 36.8 Å². The molecular weight excluding hydrogens is 257 g/mol. The van der Waals surface area contributed by atoms with Crippen molar-refractivity contribution in [3.05, 3.63) is 65.2 Å². The van der Waals surface area contributed by atoms with E-state index in [-0.39, 0.29) is 11.6 Å². The van der Waals surface area contributed by atoms with E-state index in [1.54, 1.807) is 18.5 Å². The molecule has 1 amide bonds. The van der Waals surface area contributed by atoms with E-state index in [0.29, 0.717) is 12.1 Å². The van der Waals surface area contributed by atoms with Crippen molar-refractivity contribution in [1.82, 2.24) is 10.3 Å². The first-order chi connectivity index (χ1) is 9.58. The zero-order valence-electron chi connectivity index (χ0n) is 11.1. The zero-order chi connectivity index (χ0) is 14.5. The molecule has 0 fully saturated rings. The summed E-state index contributed by atoms with van der Waals surface area (Å²) in [6, 6.07) is 8.15. The first-order valence-electron chi connectivity index (χ1n) is 6.29. The van der Waals surface area contributed by atoms with E-state index in [2.05, 4.69) is 10.3 Å². The van der Waals surface area contributed by atoms with Gasteiger partial charge in [-0.2, -0.15) is 0 Å². The zero-order valence-corrected chi connectivity index (χ0v) is 11.1. The third-order valence-corrected chi connectivity index (χ3v) is 3.14. The number of hydrogen-bond donors (Lipinski definition) is 2. The number of amides is 1. The van der Waals surface area contributed by atoms with Crippen LogP contribution in [0.5, 0.6) is 0 Å². The maximum absolute atomic E-state index is 13.8. The van der Waals surface area contributed by atoms with E-state index >= 15 is 0 Å². The lowest BCUT2D eigenvalue weighted by atomic mass is 10.1. The quantitative estimate of drug-likeness (QED) is 0.877. The Labute approximate surface area is 116 Å². The minimum absolute atomic E-state index is 0.0771. The normalized spacial score (nSPS) is 12.1. The van der Waals surface area contributed by atoms with Crippen LogP contribution >= 0.6 is 0 Å². The number of primary amides is 1. The summed E-state index contributed by atoms with van der Waals surface area (Å²) in [7, 11) is 0. The van der Waals surface area contributed by atoms with Crippen molar-refractivity contribution < 1.29 is 9.18 Å². The highest BCUT2D eigenvalue weighted by Crippen LogP contribution is 2.14. The number of pyridine rings is 1. The Hall–Kier alpha value is -2.27. The molecule has 2 aromatic rings. The molecule has 0 radical (unpaired) electrons. The molecule has 5 heteroatoms. The molecule has 0 aliphatic rings. The van der Waals surface area contributed by atoms with E-state index in [4.69, 9.17) is 5.73 Å². The van der Waals surface area contributed by atoms with Crippen molar-refractivity contribution in [1.29, 1.82) is 0 Å². The number of aromatic nitrogens is 1. The molecule has 0 spiro atoms.